The van der Waals surface area contributed by atoms with Gasteiger partial charge in [0.15, 0.2) is 6.10 Å². The zero-order chi connectivity index (χ0) is 25.1. The molecule has 2 N–H and O–H groups in total. The van der Waals surface area contributed by atoms with Gasteiger partial charge in [0.2, 0.25) is 0 Å². The fraction of sp³-hybridized carbons (Fsp3) is 0.258. The molecule has 184 valence electrons. The minimum Gasteiger partial charge on any atom is -0.489 e. The average Bonchev–Trinajstić information content (AvgIpc) is 2.91. The van der Waals surface area contributed by atoms with Crippen LogP contribution in [0.3, 0.4) is 0 Å². The van der Waals surface area contributed by atoms with Crippen molar-refractivity contribution in [3.63, 3.8) is 0 Å². The van der Waals surface area contributed by atoms with Crippen LogP contribution in [0, 0.1) is 0 Å². The van der Waals surface area contributed by atoms with Crippen molar-refractivity contribution in [3.05, 3.63) is 108 Å². The lowest BCUT2D eigenvalue weighted by atomic mass is 9.84. The Hall–Kier alpha value is -3.83. The van der Waals surface area contributed by atoms with E-state index in [9.17, 15) is 4.79 Å². The number of ether oxygens (including phenoxy) is 2. The van der Waals surface area contributed by atoms with Gasteiger partial charge >= 0.3 is 5.97 Å². The van der Waals surface area contributed by atoms with Gasteiger partial charge in [0, 0.05) is 24.1 Å². The smallest absolute Gasteiger partial charge is 0.344 e. The molecule has 1 heterocycles. The maximum Gasteiger partial charge on any atom is 0.344 e. The van der Waals surface area contributed by atoms with Gasteiger partial charge in [0.25, 0.3) is 0 Å². The largest absolute Gasteiger partial charge is 0.489 e. The van der Waals surface area contributed by atoms with Crippen LogP contribution < -0.4 is 14.8 Å². The van der Waals surface area contributed by atoms with E-state index >= 15 is 0 Å². The first-order valence-electron chi connectivity index (χ1n) is 12.5. The third kappa shape index (κ3) is 5.07. The summed E-state index contributed by atoms with van der Waals surface area (Å²) in [5.41, 5.74) is 3.61. The number of fused-ring (bicyclic) bond motifs is 2. The quantitative estimate of drug-likeness (QED) is 0.308. The van der Waals surface area contributed by atoms with Crippen LogP contribution in [0.1, 0.15) is 48.9 Å². The second-order valence-electron chi connectivity index (χ2n) is 9.43. The molecule has 0 fully saturated rings. The molecule has 4 aromatic rings. The second kappa shape index (κ2) is 10.4. The van der Waals surface area contributed by atoms with Crippen molar-refractivity contribution in [1.82, 2.24) is 5.32 Å². The van der Waals surface area contributed by atoms with Crippen molar-refractivity contribution in [3.8, 4) is 11.5 Å². The lowest BCUT2D eigenvalue weighted by Crippen LogP contribution is -2.37. The summed E-state index contributed by atoms with van der Waals surface area (Å²) in [7, 11) is 0. The van der Waals surface area contributed by atoms with Crippen molar-refractivity contribution in [1.29, 1.82) is 0 Å². The molecule has 1 unspecified atom stereocenters. The van der Waals surface area contributed by atoms with E-state index in [1.807, 2.05) is 42.5 Å². The SMILES string of the molecule is CC(Oc1ccc([C@@H]2C[C@@H](CN[C@H](C)c3cccc4ccccc34)Oc3ccccc32)cc1)C(=O)O. The molecule has 5 rings (SSSR count). The zero-order valence-electron chi connectivity index (χ0n) is 20.6. The van der Waals surface area contributed by atoms with Gasteiger partial charge in [0.05, 0.1) is 0 Å². The summed E-state index contributed by atoms with van der Waals surface area (Å²) in [5, 5.41) is 15.3. The predicted octanol–water partition coefficient (Wildman–Crippen LogP) is 6.33. The fourth-order valence-electron chi connectivity index (χ4n) is 5.01. The van der Waals surface area contributed by atoms with Gasteiger partial charge in [-0.1, -0.05) is 72.8 Å². The van der Waals surface area contributed by atoms with Gasteiger partial charge in [0.1, 0.15) is 17.6 Å². The van der Waals surface area contributed by atoms with E-state index in [0.717, 1.165) is 24.3 Å². The summed E-state index contributed by atoms with van der Waals surface area (Å²) in [6, 6.07) is 31.1. The van der Waals surface area contributed by atoms with Crippen LogP contribution in [-0.4, -0.2) is 29.8 Å². The number of benzene rings is 4. The molecule has 4 atom stereocenters. The fourth-order valence-corrected chi connectivity index (χ4v) is 5.01. The second-order valence-corrected chi connectivity index (χ2v) is 9.43. The summed E-state index contributed by atoms with van der Waals surface area (Å²) in [6.07, 6.45) is -0.0259. The summed E-state index contributed by atoms with van der Waals surface area (Å²) >= 11 is 0. The predicted molar refractivity (Wildman–Crippen MR) is 142 cm³/mol. The minimum atomic E-state index is -0.981. The molecule has 36 heavy (non-hydrogen) atoms. The number of aliphatic carboxylic acids is 1. The van der Waals surface area contributed by atoms with Crippen molar-refractivity contribution < 1.29 is 19.4 Å². The number of carboxylic acid groups (broad SMARTS) is 1. The molecule has 5 heteroatoms. The van der Waals surface area contributed by atoms with Crippen molar-refractivity contribution in [2.45, 2.75) is 44.4 Å². The molecule has 1 aliphatic rings. The van der Waals surface area contributed by atoms with E-state index in [1.165, 1.54) is 28.8 Å². The summed E-state index contributed by atoms with van der Waals surface area (Å²) in [4.78, 5) is 11.1. The normalized spacial score (nSPS) is 18.6. The van der Waals surface area contributed by atoms with Crippen molar-refractivity contribution in [2.75, 3.05) is 6.54 Å². The highest BCUT2D eigenvalue weighted by atomic mass is 16.5. The Morgan fingerprint density at radius 1 is 0.972 bits per heavy atom. The highest BCUT2D eigenvalue weighted by molar-refractivity contribution is 5.86. The van der Waals surface area contributed by atoms with Gasteiger partial charge in [-0.25, -0.2) is 4.79 Å². The highest BCUT2D eigenvalue weighted by Crippen LogP contribution is 2.40. The number of para-hydroxylation sites is 1. The first-order valence-corrected chi connectivity index (χ1v) is 12.5. The first-order chi connectivity index (χ1) is 17.5. The molecule has 0 spiro atoms. The number of nitrogens with one attached hydrogen (secondary N) is 1. The van der Waals surface area contributed by atoms with E-state index in [2.05, 4.69) is 60.8 Å². The van der Waals surface area contributed by atoms with Crippen LogP contribution in [0.5, 0.6) is 11.5 Å². The minimum absolute atomic E-state index is 0.0188. The Morgan fingerprint density at radius 3 is 2.50 bits per heavy atom. The molecule has 0 saturated heterocycles. The van der Waals surface area contributed by atoms with Crippen molar-refractivity contribution >= 4 is 16.7 Å². The first kappa shape index (κ1) is 23.9. The molecule has 0 radical (unpaired) electrons. The molecule has 4 aromatic carbocycles. The molecule has 0 aliphatic carbocycles. The Balaban J connectivity index is 1.32. The topological polar surface area (TPSA) is 67.8 Å². The lowest BCUT2D eigenvalue weighted by Gasteiger charge is -2.33. The molecular weight excluding hydrogens is 450 g/mol. The molecule has 0 amide bonds. The van der Waals surface area contributed by atoms with Crippen LogP contribution in [-0.2, 0) is 4.79 Å². The number of carboxylic acids is 1. The van der Waals surface area contributed by atoms with Crippen LogP contribution in [0.4, 0.5) is 0 Å². The van der Waals surface area contributed by atoms with E-state index in [4.69, 9.17) is 14.6 Å². The van der Waals surface area contributed by atoms with Crippen LogP contribution in [0.2, 0.25) is 0 Å². The Kier molecular flexibility index (Phi) is 6.92. The third-order valence-corrected chi connectivity index (χ3v) is 6.97. The summed E-state index contributed by atoms with van der Waals surface area (Å²) < 4.78 is 11.9. The number of rotatable bonds is 8. The highest BCUT2D eigenvalue weighted by Gasteiger charge is 2.29. The van der Waals surface area contributed by atoms with E-state index < -0.39 is 12.1 Å². The van der Waals surface area contributed by atoms with E-state index in [0.29, 0.717) is 5.75 Å². The molecule has 0 saturated carbocycles. The number of hydrogen-bond acceptors (Lipinski definition) is 4. The van der Waals surface area contributed by atoms with E-state index in [-0.39, 0.29) is 18.1 Å². The molecule has 0 bridgehead atoms. The summed E-state index contributed by atoms with van der Waals surface area (Å²) in [6.45, 7) is 4.46. The number of hydrogen-bond donors (Lipinski definition) is 2. The van der Waals surface area contributed by atoms with Gasteiger partial charge in [-0.15, -0.1) is 0 Å². The zero-order valence-corrected chi connectivity index (χ0v) is 20.6. The van der Waals surface area contributed by atoms with Gasteiger partial charge < -0.3 is 19.9 Å². The average molecular weight is 482 g/mol. The van der Waals surface area contributed by atoms with Gasteiger partial charge in [-0.2, -0.15) is 0 Å². The van der Waals surface area contributed by atoms with Crippen LogP contribution >= 0.6 is 0 Å². The van der Waals surface area contributed by atoms with Crippen LogP contribution in [0.15, 0.2) is 91.0 Å². The molecule has 1 aliphatic heterocycles. The standard InChI is InChI=1S/C31H31NO4/c1-20(26-12-7-9-22-8-3-4-10-27(22)26)32-19-25-18-29(28-11-5-6-13-30(28)36-25)23-14-16-24(17-15-23)35-21(2)31(33)34/h3-17,20-21,25,29,32H,18-19H2,1-2H3,(H,33,34)/t20-,21?,25+,29+/m1/s1. The maximum atomic E-state index is 11.1. The Morgan fingerprint density at radius 2 is 1.69 bits per heavy atom. The monoisotopic (exact) mass is 481 g/mol. The molecule has 5 nitrogen and oxygen atoms in total. The summed E-state index contributed by atoms with van der Waals surface area (Å²) in [5.74, 6) is 0.667. The third-order valence-electron chi connectivity index (χ3n) is 6.97. The van der Waals surface area contributed by atoms with Crippen molar-refractivity contribution in [2.24, 2.45) is 0 Å². The van der Waals surface area contributed by atoms with E-state index in [1.54, 1.807) is 0 Å². The Labute approximate surface area is 211 Å². The number of carbonyl (C=O) groups is 1. The Bertz CT molecular complexity index is 1350. The van der Waals surface area contributed by atoms with Gasteiger partial charge in [-0.3, -0.25) is 0 Å². The molecular formula is C31H31NO4. The van der Waals surface area contributed by atoms with Crippen LogP contribution in [0.25, 0.3) is 10.8 Å². The lowest BCUT2D eigenvalue weighted by molar-refractivity contribution is -0.144. The van der Waals surface area contributed by atoms with Gasteiger partial charge in [-0.05, 0) is 60.4 Å². The maximum absolute atomic E-state index is 11.1. The molecule has 0 aromatic heterocycles.